The molecule has 1 aromatic heterocycles. The van der Waals surface area contributed by atoms with Gasteiger partial charge in [-0.1, -0.05) is 45.7 Å². The summed E-state index contributed by atoms with van der Waals surface area (Å²) in [7, 11) is 0. The number of hydrogen-bond donors (Lipinski definition) is 2. The zero-order valence-corrected chi connectivity index (χ0v) is 18.4. The van der Waals surface area contributed by atoms with Crippen LogP contribution in [-0.4, -0.2) is 28.9 Å². The highest BCUT2D eigenvalue weighted by molar-refractivity contribution is 7.09. The van der Waals surface area contributed by atoms with Gasteiger partial charge in [-0.25, -0.2) is 9.37 Å². The van der Waals surface area contributed by atoms with Crippen LogP contribution in [0.5, 0.6) is 5.75 Å². The number of aromatic nitrogens is 1. The fraction of sp³-hybridized carbons (Fsp3) is 0.500. The molecule has 6 nitrogen and oxygen atoms in total. The van der Waals surface area contributed by atoms with E-state index >= 15 is 0 Å². The van der Waals surface area contributed by atoms with Crippen molar-refractivity contribution < 1.29 is 18.7 Å². The molecule has 2 N–H and O–H groups in total. The van der Waals surface area contributed by atoms with Gasteiger partial charge >= 0.3 is 0 Å². The lowest BCUT2D eigenvalue weighted by atomic mass is 9.88. The SMILES string of the molecule is CC(C)(C)C(=O)N[C@@H]1CCCC[C@@H]1NC(=O)c1csc(COc2ccccc2F)n1. The molecule has 162 valence electrons. The highest BCUT2D eigenvalue weighted by Crippen LogP contribution is 2.22. The van der Waals surface area contributed by atoms with Crippen LogP contribution >= 0.6 is 11.3 Å². The largest absolute Gasteiger partial charge is 0.483 e. The molecule has 1 fully saturated rings. The second kappa shape index (κ2) is 9.55. The average Bonchev–Trinajstić information content (AvgIpc) is 3.17. The summed E-state index contributed by atoms with van der Waals surface area (Å²) in [5.74, 6) is -0.578. The van der Waals surface area contributed by atoms with Gasteiger partial charge in [-0.3, -0.25) is 9.59 Å². The van der Waals surface area contributed by atoms with E-state index in [9.17, 15) is 14.0 Å². The van der Waals surface area contributed by atoms with Gasteiger partial charge in [-0.2, -0.15) is 0 Å². The molecule has 0 unspecified atom stereocenters. The molecule has 1 aromatic carbocycles. The predicted octanol–water partition coefficient (Wildman–Crippen LogP) is 4.06. The molecule has 0 aliphatic heterocycles. The maximum absolute atomic E-state index is 13.7. The van der Waals surface area contributed by atoms with E-state index in [1.54, 1.807) is 23.6 Å². The van der Waals surface area contributed by atoms with Gasteiger partial charge in [-0.05, 0) is 25.0 Å². The minimum absolute atomic E-state index is 0.0186. The number of nitrogens with one attached hydrogen (secondary N) is 2. The Bertz CT molecular complexity index is 894. The van der Waals surface area contributed by atoms with E-state index in [4.69, 9.17) is 4.74 Å². The monoisotopic (exact) mass is 433 g/mol. The van der Waals surface area contributed by atoms with Gasteiger partial charge in [0.15, 0.2) is 11.6 Å². The highest BCUT2D eigenvalue weighted by atomic mass is 32.1. The van der Waals surface area contributed by atoms with Crippen LogP contribution in [0.15, 0.2) is 29.6 Å². The molecular formula is C22H28FN3O3S. The number of benzene rings is 1. The van der Waals surface area contributed by atoms with Crippen molar-refractivity contribution in [1.82, 2.24) is 15.6 Å². The lowest BCUT2D eigenvalue weighted by Gasteiger charge is -2.34. The van der Waals surface area contributed by atoms with E-state index in [0.717, 1.165) is 25.7 Å². The van der Waals surface area contributed by atoms with Gasteiger partial charge in [0.25, 0.3) is 5.91 Å². The van der Waals surface area contributed by atoms with Crippen LogP contribution in [0.3, 0.4) is 0 Å². The number of halogens is 1. The maximum atomic E-state index is 13.7. The molecule has 0 radical (unpaired) electrons. The number of ether oxygens (including phenoxy) is 1. The number of amides is 2. The lowest BCUT2D eigenvalue weighted by molar-refractivity contribution is -0.129. The number of rotatable bonds is 6. The van der Waals surface area contributed by atoms with Gasteiger partial charge in [-0.15, -0.1) is 11.3 Å². The zero-order valence-electron chi connectivity index (χ0n) is 17.5. The van der Waals surface area contributed by atoms with E-state index in [1.165, 1.54) is 17.4 Å². The number of hydrogen-bond acceptors (Lipinski definition) is 5. The molecule has 2 aromatic rings. The van der Waals surface area contributed by atoms with Crippen molar-refractivity contribution in [2.45, 2.75) is 65.1 Å². The van der Waals surface area contributed by atoms with E-state index in [0.29, 0.717) is 10.7 Å². The van der Waals surface area contributed by atoms with Crippen molar-refractivity contribution in [1.29, 1.82) is 0 Å². The first-order valence-electron chi connectivity index (χ1n) is 10.2. The third kappa shape index (κ3) is 5.78. The smallest absolute Gasteiger partial charge is 0.271 e. The Morgan fingerprint density at radius 1 is 1.17 bits per heavy atom. The Hall–Kier alpha value is -2.48. The molecule has 30 heavy (non-hydrogen) atoms. The van der Waals surface area contributed by atoms with Crippen LogP contribution in [0, 0.1) is 11.2 Å². The van der Waals surface area contributed by atoms with Crippen LogP contribution in [0.1, 0.15) is 62.0 Å². The van der Waals surface area contributed by atoms with Crippen LogP contribution in [0.25, 0.3) is 0 Å². The minimum atomic E-state index is -0.478. The lowest BCUT2D eigenvalue weighted by Crippen LogP contribution is -2.55. The van der Waals surface area contributed by atoms with E-state index < -0.39 is 11.2 Å². The number of carbonyl (C=O) groups excluding carboxylic acids is 2. The van der Waals surface area contributed by atoms with Crippen molar-refractivity contribution in [3.63, 3.8) is 0 Å². The molecule has 1 aliphatic carbocycles. The second-order valence-corrected chi connectivity index (χ2v) is 9.48. The molecule has 1 saturated carbocycles. The molecule has 0 spiro atoms. The summed E-state index contributed by atoms with van der Waals surface area (Å²) in [6, 6.07) is 5.95. The number of nitrogens with zero attached hydrogens (tertiary/aromatic N) is 1. The average molecular weight is 434 g/mol. The van der Waals surface area contributed by atoms with E-state index in [-0.39, 0.29) is 36.3 Å². The molecule has 2 amide bonds. The van der Waals surface area contributed by atoms with Gasteiger partial charge in [0, 0.05) is 22.9 Å². The third-order valence-corrected chi connectivity index (χ3v) is 5.87. The summed E-state index contributed by atoms with van der Waals surface area (Å²) in [6.07, 6.45) is 3.68. The Balaban J connectivity index is 1.58. The summed E-state index contributed by atoms with van der Waals surface area (Å²) in [4.78, 5) is 29.4. The molecular weight excluding hydrogens is 405 g/mol. The van der Waals surface area contributed by atoms with E-state index in [1.807, 2.05) is 20.8 Å². The van der Waals surface area contributed by atoms with Crippen LogP contribution in [0.4, 0.5) is 4.39 Å². The van der Waals surface area contributed by atoms with Crippen molar-refractivity contribution in [3.05, 3.63) is 46.2 Å². The first-order chi connectivity index (χ1) is 14.2. The Kier molecular flexibility index (Phi) is 7.07. The minimum Gasteiger partial charge on any atom is -0.483 e. The van der Waals surface area contributed by atoms with Crippen molar-refractivity contribution >= 4 is 23.2 Å². The Labute approximate surface area is 180 Å². The van der Waals surface area contributed by atoms with Crippen molar-refractivity contribution in [2.75, 3.05) is 0 Å². The quantitative estimate of drug-likeness (QED) is 0.720. The number of thiazole rings is 1. The second-order valence-electron chi connectivity index (χ2n) is 8.54. The van der Waals surface area contributed by atoms with Crippen LogP contribution in [-0.2, 0) is 11.4 Å². The van der Waals surface area contributed by atoms with Gasteiger partial charge in [0.2, 0.25) is 5.91 Å². The maximum Gasteiger partial charge on any atom is 0.271 e. The first kappa shape index (κ1) is 22.2. The van der Waals surface area contributed by atoms with Crippen LogP contribution < -0.4 is 15.4 Å². The summed E-state index contributed by atoms with van der Waals surface area (Å²) >= 11 is 1.29. The van der Waals surface area contributed by atoms with Crippen molar-refractivity contribution in [2.24, 2.45) is 5.41 Å². The molecule has 3 rings (SSSR count). The van der Waals surface area contributed by atoms with Gasteiger partial charge in [0.05, 0.1) is 0 Å². The van der Waals surface area contributed by atoms with Gasteiger partial charge < -0.3 is 15.4 Å². The molecule has 1 aliphatic rings. The first-order valence-corrected chi connectivity index (χ1v) is 11.1. The Morgan fingerprint density at radius 3 is 2.50 bits per heavy atom. The normalized spacial score (nSPS) is 19.2. The summed E-state index contributed by atoms with van der Waals surface area (Å²) in [5, 5.41) is 8.37. The molecule has 1 heterocycles. The highest BCUT2D eigenvalue weighted by Gasteiger charge is 2.31. The van der Waals surface area contributed by atoms with Gasteiger partial charge in [0.1, 0.15) is 17.3 Å². The van der Waals surface area contributed by atoms with Crippen molar-refractivity contribution in [3.8, 4) is 5.75 Å². The predicted molar refractivity (Wildman–Crippen MR) is 114 cm³/mol. The molecule has 2 atom stereocenters. The molecule has 0 saturated heterocycles. The Morgan fingerprint density at radius 2 is 1.83 bits per heavy atom. The summed E-state index contributed by atoms with van der Waals surface area (Å²) in [5.41, 5.74) is -0.174. The fourth-order valence-electron chi connectivity index (χ4n) is 3.29. The standard InChI is InChI=1S/C22H28FN3O3S/c1-22(2,3)21(28)26-16-10-6-5-9-15(16)25-20(27)17-13-30-19(24-17)12-29-18-11-7-4-8-14(18)23/h4,7-8,11,13,15-16H,5-6,9-10,12H2,1-3H3,(H,25,27)(H,26,28)/t15-,16+/m0/s1. The van der Waals surface area contributed by atoms with Crippen LogP contribution in [0.2, 0.25) is 0 Å². The third-order valence-electron chi connectivity index (χ3n) is 5.05. The molecule has 8 heteroatoms. The summed E-state index contributed by atoms with van der Waals surface area (Å²) < 4.78 is 19.1. The fourth-order valence-corrected chi connectivity index (χ4v) is 3.97. The zero-order chi connectivity index (χ0) is 21.7. The number of carbonyl (C=O) groups is 2. The number of para-hydroxylation sites is 1. The van der Waals surface area contributed by atoms with E-state index in [2.05, 4.69) is 15.6 Å². The summed E-state index contributed by atoms with van der Waals surface area (Å²) in [6.45, 7) is 5.71. The topological polar surface area (TPSA) is 80.3 Å². The molecule has 0 bridgehead atoms.